The van der Waals surface area contributed by atoms with Crippen molar-refractivity contribution in [3.63, 3.8) is 0 Å². The molecule has 222 valence electrons. The third kappa shape index (κ3) is 7.29. The molecule has 0 aliphatic heterocycles. The number of carbonyl (C=O) groups is 2. The van der Waals surface area contributed by atoms with Crippen LogP contribution in [0.5, 0.6) is 23.0 Å². The molecule has 14 heteroatoms. The van der Waals surface area contributed by atoms with E-state index in [1.54, 1.807) is 0 Å². The minimum Gasteiger partial charge on any atom is -0.544 e. The van der Waals surface area contributed by atoms with Gasteiger partial charge < -0.3 is 70.5 Å². The average Bonchev–Trinajstić information content (AvgIpc) is 2.91. The fraction of sp³-hybridized carbons (Fsp3) is 0.462. The molecule has 10 N–H and O–H groups in total. The van der Waals surface area contributed by atoms with Crippen LogP contribution in [0.2, 0.25) is 0 Å². The second-order valence-corrected chi connectivity index (χ2v) is 9.70. The number of phenolic OH excluding ortho intramolecular Hbond substituents is 2. The van der Waals surface area contributed by atoms with Crippen molar-refractivity contribution in [3.8, 4) is 23.0 Å². The molecule has 6 atom stereocenters. The number of hydrogen-bond acceptors (Lipinski definition) is 12. The predicted octanol–water partition coefficient (Wildman–Crippen LogP) is -6.04. The Morgan fingerprint density at radius 2 is 0.950 bits per heavy atom. The van der Waals surface area contributed by atoms with Crippen LogP contribution in [0.25, 0.3) is 0 Å². The molecule has 0 heterocycles. The van der Waals surface area contributed by atoms with Crippen LogP contribution in [0.4, 0.5) is 0 Å². The number of benzene rings is 2. The van der Waals surface area contributed by atoms with Gasteiger partial charge in [-0.2, -0.15) is 0 Å². The summed E-state index contributed by atoms with van der Waals surface area (Å²) in [6, 6.07) is -0.784. The molecule has 2 aromatic carbocycles. The van der Waals surface area contributed by atoms with E-state index in [4.69, 9.17) is 0 Å². The Morgan fingerprint density at radius 3 is 1.35 bits per heavy atom. The minimum atomic E-state index is -1.56. The van der Waals surface area contributed by atoms with E-state index < -0.39 is 74.0 Å². The lowest BCUT2D eigenvalue weighted by molar-refractivity contribution is -1.02. The zero-order chi connectivity index (χ0) is 30.3. The summed E-state index contributed by atoms with van der Waals surface area (Å²) in [5.74, 6) is -4.72. The molecule has 0 radical (unpaired) electrons. The Labute approximate surface area is 229 Å². The van der Waals surface area contributed by atoms with E-state index in [1.165, 1.54) is 19.9 Å². The van der Waals surface area contributed by atoms with Crippen LogP contribution >= 0.6 is 0 Å². The number of hydrogen-bond donors (Lipinski definition) is 10. The molecule has 0 amide bonds. The molecule has 0 spiro atoms. The van der Waals surface area contributed by atoms with Crippen LogP contribution in [-0.4, -0.2) is 90.2 Å². The third-order valence-electron chi connectivity index (χ3n) is 7.34. The highest BCUT2D eigenvalue weighted by Gasteiger charge is 2.43. The second-order valence-electron chi connectivity index (χ2n) is 9.70. The first-order valence-electron chi connectivity index (χ1n) is 12.4. The Morgan fingerprint density at radius 1 is 0.625 bits per heavy atom. The van der Waals surface area contributed by atoms with Crippen LogP contribution in [0.15, 0.2) is 24.3 Å². The molecule has 0 saturated carbocycles. The predicted molar refractivity (Wildman–Crippen MR) is 131 cm³/mol. The molecule has 0 bridgehead atoms. The van der Waals surface area contributed by atoms with Crippen molar-refractivity contribution < 1.29 is 70.5 Å². The van der Waals surface area contributed by atoms with Gasteiger partial charge in [-0.25, -0.2) is 0 Å². The average molecular weight is 569 g/mol. The first-order chi connectivity index (χ1) is 18.8. The van der Waals surface area contributed by atoms with E-state index in [2.05, 4.69) is 0 Å². The topological polar surface area (TPSA) is 251 Å². The number of aliphatic hydroxyl groups excluding tert-OH is 4. The smallest absolute Gasteiger partial charge is 0.166 e. The highest BCUT2D eigenvalue weighted by molar-refractivity contribution is 5.69. The second kappa shape index (κ2) is 14.1. The van der Waals surface area contributed by atoms with Crippen molar-refractivity contribution in [2.24, 2.45) is 0 Å². The van der Waals surface area contributed by atoms with Crippen LogP contribution in [0.1, 0.15) is 36.1 Å². The summed E-state index contributed by atoms with van der Waals surface area (Å²) in [7, 11) is 0. The first kappa shape index (κ1) is 32.6. The van der Waals surface area contributed by atoms with E-state index in [-0.39, 0.29) is 56.6 Å². The maximum atomic E-state index is 12.0. The number of aliphatic hydroxyl groups is 4. The van der Waals surface area contributed by atoms with Crippen molar-refractivity contribution in [1.82, 2.24) is 0 Å². The van der Waals surface area contributed by atoms with Gasteiger partial charge in [-0.1, -0.05) is 0 Å². The zero-order valence-electron chi connectivity index (χ0n) is 22.1. The number of carboxylic acids is 2. The Balaban J connectivity index is 2.63. The van der Waals surface area contributed by atoms with Gasteiger partial charge in [0.25, 0.3) is 0 Å². The number of carboxylic acid groups (broad SMARTS) is 2. The van der Waals surface area contributed by atoms with Gasteiger partial charge in [0.2, 0.25) is 0 Å². The molecule has 0 fully saturated rings. The number of carbonyl (C=O) groups excluding carboxylic acids is 2. The lowest BCUT2D eigenvalue weighted by Gasteiger charge is -2.41. The highest BCUT2D eigenvalue weighted by Crippen LogP contribution is 2.28. The van der Waals surface area contributed by atoms with Crippen LogP contribution in [0, 0.1) is 0 Å². The quantitative estimate of drug-likeness (QED) is 0.0902. The fourth-order valence-corrected chi connectivity index (χ4v) is 4.83. The maximum absolute atomic E-state index is 12.0. The summed E-state index contributed by atoms with van der Waals surface area (Å²) < 4.78 is 0. The highest BCUT2D eigenvalue weighted by atomic mass is 16.4. The molecule has 0 saturated heterocycles. The van der Waals surface area contributed by atoms with Crippen molar-refractivity contribution in [2.45, 2.75) is 64.3 Å². The monoisotopic (exact) mass is 568 g/mol. The third-order valence-corrected chi connectivity index (χ3v) is 7.34. The number of phenols is 4. The van der Waals surface area contributed by atoms with Gasteiger partial charge in [-0.05, 0) is 32.0 Å². The minimum absolute atomic E-state index is 0.0112. The first-order valence-corrected chi connectivity index (χ1v) is 12.4. The number of nitrogens with one attached hydrogen (secondary N) is 2. The largest absolute Gasteiger partial charge is 0.544 e. The van der Waals surface area contributed by atoms with Crippen LogP contribution < -0.4 is 20.0 Å². The van der Waals surface area contributed by atoms with E-state index in [1.807, 2.05) is 0 Å². The number of aliphatic carboxylic acids is 2. The molecule has 5 unspecified atom stereocenters. The lowest BCUT2D eigenvalue weighted by Crippen LogP contribution is -3.29. The summed E-state index contributed by atoms with van der Waals surface area (Å²) in [6.45, 7) is -0.874. The number of rotatable bonds is 15. The van der Waals surface area contributed by atoms with Gasteiger partial charge in [0, 0.05) is 22.8 Å². The van der Waals surface area contributed by atoms with Crippen LogP contribution in [0.3, 0.4) is 0 Å². The Hall–Kier alpha value is -3.66. The molecular weight excluding hydrogens is 532 g/mol. The van der Waals surface area contributed by atoms with Crippen molar-refractivity contribution in [1.29, 1.82) is 0 Å². The lowest BCUT2D eigenvalue weighted by atomic mass is 9.98. The van der Waals surface area contributed by atoms with Crippen LogP contribution in [-0.2, 0) is 35.9 Å². The van der Waals surface area contributed by atoms with E-state index in [0.717, 1.165) is 18.2 Å². The van der Waals surface area contributed by atoms with Crippen molar-refractivity contribution >= 4 is 11.9 Å². The van der Waals surface area contributed by atoms with Gasteiger partial charge in [0.15, 0.2) is 12.1 Å². The molecule has 2 aromatic rings. The number of quaternary nitrogens is 2. The van der Waals surface area contributed by atoms with Crippen molar-refractivity contribution in [2.75, 3.05) is 13.2 Å². The molecule has 14 nitrogen and oxygen atoms in total. The van der Waals surface area contributed by atoms with Crippen molar-refractivity contribution in [3.05, 3.63) is 46.5 Å². The fourth-order valence-electron chi connectivity index (χ4n) is 4.83. The molecule has 0 aliphatic carbocycles. The standard InChI is InChI=1S/C26H36N2O12/c1-13(25(37)38)27(7-15-3-17(9-29)24(36)6-23(15)35)19(11-31)20(12-32)28(14(2)26(39)40)8-16-4-22(34)18(10-30)5-21(16)33/h3-6,13-14,19-20,29-36H,7-12H2,1-2H3,(H,37,38)(H,39,40)/t13-,14?,19?,20?/m1/s1. The van der Waals surface area contributed by atoms with Gasteiger partial charge in [0.1, 0.15) is 61.4 Å². The Kier molecular flexibility index (Phi) is 11.5. The van der Waals surface area contributed by atoms with E-state index >= 15 is 0 Å². The summed E-state index contributed by atoms with van der Waals surface area (Å²) in [6.07, 6.45) is 0. The summed E-state index contributed by atoms with van der Waals surface area (Å²) in [5, 5.41) is 105. The van der Waals surface area contributed by atoms with Gasteiger partial charge in [-0.3, -0.25) is 0 Å². The van der Waals surface area contributed by atoms with Gasteiger partial charge in [-0.15, -0.1) is 0 Å². The summed E-state index contributed by atoms with van der Waals surface area (Å²) in [5.41, 5.74) is 0.159. The summed E-state index contributed by atoms with van der Waals surface area (Å²) in [4.78, 5) is 24.0. The van der Waals surface area contributed by atoms with Gasteiger partial charge in [0.05, 0.1) is 30.7 Å². The Bertz CT molecular complexity index is 1190. The summed E-state index contributed by atoms with van der Waals surface area (Å²) >= 11 is 0. The maximum Gasteiger partial charge on any atom is 0.166 e. The molecular formula is C26H36N2O12. The van der Waals surface area contributed by atoms with E-state index in [9.17, 15) is 60.7 Å². The SMILES string of the molecule is CC(C(=O)[O-])[NH+](Cc1cc(O)c(CO)cc1O)C(CO)C(CO)[NH+](Cc1cc(CO)c(O)cc1O)[C@H](C)C(=O)[O-]. The van der Waals surface area contributed by atoms with Gasteiger partial charge >= 0.3 is 0 Å². The van der Waals surface area contributed by atoms with E-state index in [0.29, 0.717) is 0 Å². The molecule has 40 heavy (non-hydrogen) atoms. The molecule has 0 aromatic heterocycles. The zero-order valence-corrected chi connectivity index (χ0v) is 22.1. The normalized spacial score (nSPS) is 16.1. The molecule has 2 rings (SSSR count). The number of aromatic hydroxyl groups is 4. The molecule has 0 aliphatic rings.